The maximum Gasteiger partial charge on any atom is 0.256 e. The SMILES string of the molecule is COc1cc2c(cc1OC)CN(C(=O)c1c[nH]c3cc(F)ccc13)CC2. The number of aromatic nitrogens is 1. The van der Waals surface area contributed by atoms with Crippen LogP contribution in [-0.2, 0) is 13.0 Å². The van der Waals surface area contributed by atoms with E-state index < -0.39 is 0 Å². The maximum atomic E-state index is 13.4. The van der Waals surface area contributed by atoms with Crippen molar-refractivity contribution in [2.75, 3.05) is 20.8 Å². The Morgan fingerprint density at radius 3 is 2.58 bits per heavy atom. The van der Waals surface area contributed by atoms with E-state index in [1.54, 1.807) is 31.4 Å². The Bertz CT molecular complexity index is 996. The van der Waals surface area contributed by atoms with Gasteiger partial charge in [-0.2, -0.15) is 0 Å². The molecule has 134 valence electrons. The van der Waals surface area contributed by atoms with E-state index in [1.165, 1.54) is 12.1 Å². The van der Waals surface area contributed by atoms with Gasteiger partial charge in [0.25, 0.3) is 5.91 Å². The molecule has 26 heavy (non-hydrogen) atoms. The molecule has 1 aliphatic heterocycles. The number of hydrogen-bond donors (Lipinski definition) is 1. The lowest BCUT2D eigenvalue weighted by Crippen LogP contribution is -2.35. The average Bonchev–Trinajstić information content (AvgIpc) is 3.08. The number of aromatic amines is 1. The van der Waals surface area contributed by atoms with Gasteiger partial charge in [-0.15, -0.1) is 0 Å². The molecule has 2 heterocycles. The van der Waals surface area contributed by atoms with Crippen LogP contribution in [0.3, 0.4) is 0 Å². The van der Waals surface area contributed by atoms with E-state index in [-0.39, 0.29) is 11.7 Å². The Labute approximate surface area is 150 Å². The number of halogens is 1. The quantitative estimate of drug-likeness (QED) is 0.783. The lowest BCUT2D eigenvalue weighted by atomic mass is 9.98. The molecule has 0 unspecified atom stereocenters. The summed E-state index contributed by atoms with van der Waals surface area (Å²) in [5.74, 6) is 0.961. The van der Waals surface area contributed by atoms with Crippen LogP contribution in [0, 0.1) is 5.82 Å². The molecule has 5 nitrogen and oxygen atoms in total. The third-order valence-electron chi connectivity index (χ3n) is 4.88. The largest absolute Gasteiger partial charge is 0.493 e. The number of hydrogen-bond acceptors (Lipinski definition) is 3. The number of nitrogens with zero attached hydrogens (tertiary/aromatic N) is 1. The van der Waals surface area contributed by atoms with Crippen LogP contribution < -0.4 is 9.47 Å². The monoisotopic (exact) mass is 354 g/mol. The van der Waals surface area contributed by atoms with Crippen LogP contribution in [0.4, 0.5) is 4.39 Å². The van der Waals surface area contributed by atoms with E-state index in [2.05, 4.69) is 4.98 Å². The number of ether oxygens (including phenoxy) is 2. The predicted octanol–water partition coefficient (Wildman–Crippen LogP) is 3.52. The molecular formula is C20H19FN2O3. The van der Waals surface area contributed by atoms with Gasteiger partial charge in [0.2, 0.25) is 0 Å². The molecule has 0 saturated heterocycles. The van der Waals surface area contributed by atoms with Crippen LogP contribution in [0.1, 0.15) is 21.5 Å². The Kier molecular flexibility index (Phi) is 4.03. The Morgan fingerprint density at radius 2 is 1.85 bits per heavy atom. The van der Waals surface area contributed by atoms with Gasteiger partial charge >= 0.3 is 0 Å². The van der Waals surface area contributed by atoms with Crippen molar-refractivity contribution in [2.24, 2.45) is 0 Å². The lowest BCUT2D eigenvalue weighted by molar-refractivity contribution is 0.0736. The normalized spacial score (nSPS) is 13.6. The summed E-state index contributed by atoms with van der Waals surface area (Å²) >= 11 is 0. The van der Waals surface area contributed by atoms with Gasteiger partial charge in [0.05, 0.1) is 19.8 Å². The highest BCUT2D eigenvalue weighted by atomic mass is 19.1. The molecule has 6 heteroatoms. The summed E-state index contributed by atoms with van der Waals surface area (Å²) in [4.78, 5) is 17.8. The molecular weight excluding hydrogens is 335 g/mol. The van der Waals surface area contributed by atoms with Gasteiger partial charge in [0.1, 0.15) is 5.82 Å². The lowest BCUT2D eigenvalue weighted by Gasteiger charge is -2.29. The van der Waals surface area contributed by atoms with Crippen molar-refractivity contribution in [3.63, 3.8) is 0 Å². The number of carbonyl (C=O) groups is 1. The van der Waals surface area contributed by atoms with Crippen LogP contribution >= 0.6 is 0 Å². The molecule has 0 fully saturated rings. The fraction of sp³-hybridized carbons (Fsp3) is 0.250. The molecule has 1 amide bonds. The zero-order valence-corrected chi connectivity index (χ0v) is 14.6. The topological polar surface area (TPSA) is 54.6 Å². The van der Waals surface area contributed by atoms with Gasteiger partial charge in [-0.1, -0.05) is 0 Å². The zero-order chi connectivity index (χ0) is 18.3. The third kappa shape index (κ3) is 2.67. The van der Waals surface area contributed by atoms with Crippen LogP contribution in [0.25, 0.3) is 10.9 Å². The van der Waals surface area contributed by atoms with E-state index in [0.29, 0.717) is 35.7 Å². The standard InChI is InChI=1S/C20H19FN2O3/c1-25-18-7-12-5-6-23(11-13(12)8-19(18)26-2)20(24)16-10-22-17-9-14(21)3-4-15(16)17/h3-4,7-10,22H,5-6,11H2,1-2H3. The van der Waals surface area contributed by atoms with E-state index >= 15 is 0 Å². The van der Waals surface area contributed by atoms with Gasteiger partial charge in [-0.05, 0) is 47.9 Å². The number of fused-ring (bicyclic) bond motifs is 2. The molecule has 0 saturated carbocycles. The number of nitrogens with one attached hydrogen (secondary N) is 1. The van der Waals surface area contributed by atoms with E-state index in [9.17, 15) is 9.18 Å². The minimum Gasteiger partial charge on any atom is -0.493 e. The number of benzene rings is 2. The van der Waals surface area contributed by atoms with E-state index in [0.717, 1.165) is 22.9 Å². The Balaban J connectivity index is 1.64. The van der Waals surface area contributed by atoms with Crippen molar-refractivity contribution in [1.82, 2.24) is 9.88 Å². The summed E-state index contributed by atoms with van der Waals surface area (Å²) in [6, 6.07) is 8.31. The first-order chi connectivity index (χ1) is 12.6. The Hall–Kier alpha value is -3.02. The highest BCUT2D eigenvalue weighted by Crippen LogP contribution is 2.34. The fourth-order valence-electron chi connectivity index (χ4n) is 3.50. The Morgan fingerprint density at radius 1 is 1.12 bits per heavy atom. The summed E-state index contributed by atoms with van der Waals surface area (Å²) < 4.78 is 24.1. The van der Waals surface area contributed by atoms with Gasteiger partial charge < -0.3 is 19.4 Å². The first-order valence-corrected chi connectivity index (χ1v) is 8.40. The zero-order valence-electron chi connectivity index (χ0n) is 14.6. The second-order valence-electron chi connectivity index (χ2n) is 6.34. The maximum absolute atomic E-state index is 13.4. The van der Waals surface area contributed by atoms with Crippen LogP contribution in [0.15, 0.2) is 36.5 Å². The number of carbonyl (C=O) groups excluding carboxylic acids is 1. The highest BCUT2D eigenvalue weighted by Gasteiger charge is 2.25. The van der Waals surface area contributed by atoms with Gasteiger partial charge in [-0.25, -0.2) is 4.39 Å². The highest BCUT2D eigenvalue weighted by molar-refractivity contribution is 6.06. The minimum absolute atomic E-state index is 0.0664. The molecule has 0 bridgehead atoms. The molecule has 1 N–H and O–H groups in total. The van der Waals surface area contributed by atoms with Crippen LogP contribution in [-0.4, -0.2) is 36.6 Å². The third-order valence-corrected chi connectivity index (χ3v) is 4.88. The summed E-state index contributed by atoms with van der Waals surface area (Å²) in [7, 11) is 3.21. The smallest absolute Gasteiger partial charge is 0.256 e. The summed E-state index contributed by atoms with van der Waals surface area (Å²) in [6.45, 7) is 1.12. The second kappa shape index (κ2) is 6.37. The molecule has 0 atom stereocenters. The molecule has 0 radical (unpaired) electrons. The van der Waals surface area contributed by atoms with Gasteiger partial charge in [0, 0.05) is 30.2 Å². The van der Waals surface area contributed by atoms with Gasteiger partial charge in [0.15, 0.2) is 11.5 Å². The molecule has 0 aliphatic carbocycles. The molecule has 3 aromatic rings. The first kappa shape index (κ1) is 16.4. The van der Waals surface area contributed by atoms with Crippen molar-refractivity contribution in [3.05, 3.63) is 59.0 Å². The molecule has 1 aliphatic rings. The number of rotatable bonds is 3. The molecule has 1 aromatic heterocycles. The summed E-state index contributed by atoms with van der Waals surface area (Å²) in [5, 5.41) is 0.731. The second-order valence-corrected chi connectivity index (χ2v) is 6.34. The number of amides is 1. The predicted molar refractivity (Wildman–Crippen MR) is 96.2 cm³/mol. The van der Waals surface area contributed by atoms with E-state index in [4.69, 9.17) is 9.47 Å². The molecule has 2 aromatic carbocycles. The fourth-order valence-corrected chi connectivity index (χ4v) is 3.50. The molecule has 0 spiro atoms. The minimum atomic E-state index is -0.328. The summed E-state index contributed by atoms with van der Waals surface area (Å²) in [5.41, 5.74) is 3.39. The summed E-state index contributed by atoms with van der Waals surface area (Å²) in [6.07, 6.45) is 2.40. The van der Waals surface area contributed by atoms with Crippen LogP contribution in [0.5, 0.6) is 11.5 Å². The van der Waals surface area contributed by atoms with Crippen molar-refractivity contribution < 1.29 is 18.7 Å². The van der Waals surface area contributed by atoms with Gasteiger partial charge in [-0.3, -0.25) is 4.79 Å². The van der Waals surface area contributed by atoms with Crippen molar-refractivity contribution >= 4 is 16.8 Å². The van der Waals surface area contributed by atoms with E-state index in [1.807, 2.05) is 12.1 Å². The van der Waals surface area contributed by atoms with Crippen LogP contribution in [0.2, 0.25) is 0 Å². The van der Waals surface area contributed by atoms with Crippen molar-refractivity contribution in [3.8, 4) is 11.5 Å². The first-order valence-electron chi connectivity index (χ1n) is 8.40. The number of methoxy groups -OCH3 is 2. The van der Waals surface area contributed by atoms with Crippen molar-refractivity contribution in [2.45, 2.75) is 13.0 Å². The average molecular weight is 354 g/mol. The number of H-pyrrole nitrogens is 1. The van der Waals surface area contributed by atoms with Crippen molar-refractivity contribution in [1.29, 1.82) is 0 Å². The molecule has 4 rings (SSSR count).